The van der Waals surface area contributed by atoms with Crippen LogP contribution in [0.25, 0.3) is 0 Å². The van der Waals surface area contributed by atoms with E-state index < -0.39 is 0 Å². The molecule has 0 aromatic heterocycles. The van der Waals surface area contributed by atoms with Crippen molar-refractivity contribution in [1.82, 2.24) is 4.90 Å². The molecule has 39 heavy (non-hydrogen) atoms. The smallest absolute Gasteiger partial charge is 0.119 e. The zero-order valence-electron chi connectivity index (χ0n) is 23.7. The second-order valence-electron chi connectivity index (χ2n) is 11.1. The third kappa shape index (κ3) is 7.07. The van der Waals surface area contributed by atoms with Gasteiger partial charge in [-0.25, -0.2) is 0 Å². The number of phenolic OH excluding ortho intramolecular Hbond substituents is 1. The molecule has 1 unspecified atom stereocenters. The van der Waals surface area contributed by atoms with Crippen LogP contribution in [0.15, 0.2) is 60.7 Å². The molecule has 3 aromatic rings. The van der Waals surface area contributed by atoms with Gasteiger partial charge in [0.25, 0.3) is 0 Å². The van der Waals surface area contributed by atoms with E-state index in [0.29, 0.717) is 11.7 Å². The highest BCUT2D eigenvalue weighted by atomic mass is 16.5. The first-order valence-electron chi connectivity index (χ1n) is 14.8. The Kier molecular flexibility index (Phi) is 9.31. The number of nitrogens with zero attached hydrogens (tertiary/aromatic N) is 2. The number of aromatic hydroxyl groups is 1. The van der Waals surface area contributed by atoms with Crippen molar-refractivity contribution in [3.8, 4) is 17.2 Å². The van der Waals surface area contributed by atoms with Crippen molar-refractivity contribution in [2.45, 2.75) is 64.3 Å². The van der Waals surface area contributed by atoms with Crippen LogP contribution in [-0.2, 0) is 19.4 Å². The molecule has 0 spiro atoms. The van der Waals surface area contributed by atoms with Crippen LogP contribution in [0.1, 0.15) is 67.2 Å². The van der Waals surface area contributed by atoms with E-state index in [1.165, 1.54) is 66.7 Å². The molecule has 1 saturated heterocycles. The van der Waals surface area contributed by atoms with E-state index in [9.17, 15) is 5.11 Å². The van der Waals surface area contributed by atoms with Crippen molar-refractivity contribution in [3.05, 3.63) is 82.9 Å². The lowest BCUT2D eigenvalue weighted by atomic mass is 9.79. The second-order valence-corrected chi connectivity index (χ2v) is 11.1. The van der Waals surface area contributed by atoms with Crippen LogP contribution in [0.2, 0.25) is 0 Å². The number of ether oxygens (including phenoxy) is 2. The summed E-state index contributed by atoms with van der Waals surface area (Å²) in [6, 6.07) is 21.0. The molecule has 208 valence electrons. The van der Waals surface area contributed by atoms with Gasteiger partial charge in [-0.1, -0.05) is 31.0 Å². The van der Waals surface area contributed by atoms with Gasteiger partial charge >= 0.3 is 0 Å². The first-order chi connectivity index (χ1) is 19.1. The zero-order valence-corrected chi connectivity index (χ0v) is 23.7. The first kappa shape index (κ1) is 27.4. The number of methoxy groups -OCH3 is 1. The molecule has 5 rings (SSSR count). The predicted octanol–water partition coefficient (Wildman–Crippen LogP) is 6.95. The highest BCUT2D eigenvalue weighted by Crippen LogP contribution is 2.40. The Hall–Kier alpha value is -3.18. The summed E-state index contributed by atoms with van der Waals surface area (Å²) in [6.07, 6.45) is 8.40. The van der Waals surface area contributed by atoms with Gasteiger partial charge in [0.1, 0.15) is 23.9 Å². The van der Waals surface area contributed by atoms with Crippen molar-refractivity contribution in [2.24, 2.45) is 0 Å². The number of aryl methyl sites for hydroxylation is 1. The number of hydrogen-bond acceptors (Lipinski definition) is 5. The van der Waals surface area contributed by atoms with Crippen LogP contribution in [-0.4, -0.2) is 49.9 Å². The lowest BCUT2D eigenvalue weighted by Crippen LogP contribution is -2.29. The normalized spacial score (nSPS) is 17.7. The van der Waals surface area contributed by atoms with Crippen LogP contribution < -0.4 is 14.4 Å². The van der Waals surface area contributed by atoms with Crippen molar-refractivity contribution in [2.75, 3.05) is 44.8 Å². The van der Waals surface area contributed by atoms with Gasteiger partial charge in [0.05, 0.1) is 7.11 Å². The number of hydrogen-bond donors (Lipinski definition) is 1. The van der Waals surface area contributed by atoms with Crippen molar-refractivity contribution in [3.63, 3.8) is 0 Å². The summed E-state index contributed by atoms with van der Waals surface area (Å²) < 4.78 is 11.7. The Morgan fingerprint density at radius 1 is 0.897 bits per heavy atom. The molecular weight excluding hydrogens is 484 g/mol. The molecule has 2 aliphatic rings. The number of fused-ring (bicyclic) bond motifs is 1. The number of anilines is 1. The minimum Gasteiger partial charge on any atom is -0.508 e. The van der Waals surface area contributed by atoms with Gasteiger partial charge in [0.2, 0.25) is 0 Å². The van der Waals surface area contributed by atoms with Crippen LogP contribution in [0.3, 0.4) is 0 Å². The van der Waals surface area contributed by atoms with E-state index in [0.717, 1.165) is 57.0 Å². The van der Waals surface area contributed by atoms with Crippen molar-refractivity contribution in [1.29, 1.82) is 0 Å². The Bertz CT molecular complexity index is 1200. The summed E-state index contributed by atoms with van der Waals surface area (Å²) in [5.41, 5.74) is 6.53. The third-order valence-electron chi connectivity index (χ3n) is 8.49. The fraction of sp³-hybridized carbons (Fsp3) is 0.471. The van der Waals surface area contributed by atoms with Crippen molar-refractivity contribution >= 4 is 5.69 Å². The molecule has 0 radical (unpaired) electrons. The second kappa shape index (κ2) is 13.3. The maximum Gasteiger partial charge on any atom is 0.119 e. The van der Waals surface area contributed by atoms with Crippen LogP contribution in [0.5, 0.6) is 17.2 Å². The van der Waals surface area contributed by atoms with E-state index in [2.05, 4.69) is 65.3 Å². The van der Waals surface area contributed by atoms with E-state index in [1.807, 2.05) is 12.1 Å². The quantitative estimate of drug-likeness (QED) is 0.308. The Labute approximate surface area is 234 Å². The average molecular weight is 529 g/mol. The topological polar surface area (TPSA) is 45.2 Å². The molecule has 1 aliphatic heterocycles. The van der Waals surface area contributed by atoms with E-state index in [4.69, 9.17) is 9.47 Å². The molecule has 3 aromatic carbocycles. The molecule has 0 amide bonds. The van der Waals surface area contributed by atoms with Crippen molar-refractivity contribution < 1.29 is 14.6 Å². The maximum absolute atomic E-state index is 9.92. The number of phenols is 1. The van der Waals surface area contributed by atoms with Gasteiger partial charge in [-0.2, -0.15) is 0 Å². The molecule has 0 bridgehead atoms. The molecule has 1 N–H and O–H groups in total. The van der Waals surface area contributed by atoms with Gasteiger partial charge in [-0.05, 0) is 123 Å². The molecule has 1 aliphatic carbocycles. The number of likely N-dealkylation sites (tertiary alicyclic amines) is 1. The standard InChI is InChI=1S/C34H44N2O3/c1-3-36(25-26-8-14-31(15-9-26)39-21-20-35-18-6-4-5-7-19-35)34-17-16-32(38-2)24-33(34)29-11-10-28-23-30(37)13-12-27(28)22-29/h8-9,12-17,23-24,29,37H,3-7,10-11,18-22,25H2,1-2H3. The summed E-state index contributed by atoms with van der Waals surface area (Å²) >= 11 is 0. The predicted molar refractivity (Wildman–Crippen MR) is 159 cm³/mol. The van der Waals surface area contributed by atoms with Gasteiger partial charge in [-0.15, -0.1) is 0 Å². The monoisotopic (exact) mass is 528 g/mol. The minimum absolute atomic E-state index is 0.361. The van der Waals surface area contributed by atoms with E-state index >= 15 is 0 Å². The summed E-state index contributed by atoms with van der Waals surface area (Å²) in [7, 11) is 1.74. The number of benzene rings is 3. The number of rotatable bonds is 10. The molecule has 5 nitrogen and oxygen atoms in total. The van der Waals surface area contributed by atoms with Gasteiger partial charge in [0, 0.05) is 25.3 Å². The fourth-order valence-electron chi connectivity index (χ4n) is 6.21. The van der Waals surface area contributed by atoms with E-state index in [-0.39, 0.29) is 0 Å². The fourth-order valence-corrected chi connectivity index (χ4v) is 6.21. The molecule has 5 heteroatoms. The molecule has 0 saturated carbocycles. The van der Waals surface area contributed by atoms with Crippen LogP contribution in [0, 0.1) is 0 Å². The molecule has 1 fully saturated rings. The van der Waals surface area contributed by atoms with Crippen LogP contribution >= 0.6 is 0 Å². The average Bonchev–Trinajstić information content (AvgIpc) is 3.25. The molecular formula is C34H44N2O3. The SMILES string of the molecule is CCN(Cc1ccc(OCCN2CCCCCC2)cc1)c1ccc(OC)cc1C1CCc2cc(O)ccc2C1. The molecule has 1 heterocycles. The Morgan fingerprint density at radius 3 is 2.41 bits per heavy atom. The van der Waals surface area contributed by atoms with Gasteiger partial charge in [-0.3, -0.25) is 4.90 Å². The van der Waals surface area contributed by atoms with Crippen LogP contribution in [0.4, 0.5) is 5.69 Å². The Morgan fingerprint density at radius 2 is 1.67 bits per heavy atom. The Balaban J connectivity index is 1.25. The highest BCUT2D eigenvalue weighted by Gasteiger charge is 2.25. The highest BCUT2D eigenvalue weighted by molar-refractivity contribution is 5.59. The van der Waals surface area contributed by atoms with Gasteiger partial charge < -0.3 is 19.5 Å². The summed E-state index contributed by atoms with van der Waals surface area (Å²) in [6.45, 7) is 8.18. The lowest BCUT2D eigenvalue weighted by molar-refractivity contribution is 0.214. The first-order valence-corrected chi connectivity index (χ1v) is 14.8. The summed E-state index contributed by atoms with van der Waals surface area (Å²) in [5, 5.41) is 9.92. The van der Waals surface area contributed by atoms with Gasteiger partial charge in [0.15, 0.2) is 0 Å². The summed E-state index contributed by atoms with van der Waals surface area (Å²) in [5.74, 6) is 2.64. The summed E-state index contributed by atoms with van der Waals surface area (Å²) in [4.78, 5) is 5.01. The molecule has 1 atom stereocenters. The maximum atomic E-state index is 9.92. The largest absolute Gasteiger partial charge is 0.508 e. The minimum atomic E-state index is 0.361. The lowest BCUT2D eigenvalue weighted by Gasteiger charge is -2.32. The zero-order chi connectivity index (χ0) is 27.0. The third-order valence-corrected chi connectivity index (χ3v) is 8.49. The van der Waals surface area contributed by atoms with E-state index in [1.54, 1.807) is 7.11 Å².